The standard InChI is InChI=1S/C26H20I2N2O/c27-17-31-24-13-11-23(12-14-24)30-25(16-26(30)29-22-9-7-21(28)8-10-22)20-6-5-18-3-1-2-4-19(18)15-20/h1-15,25H,16-17H2/b29-26+. The van der Waals surface area contributed by atoms with Gasteiger partial charge in [-0.1, -0.05) is 36.4 Å². The van der Waals surface area contributed by atoms with Gasteiger partial charge in [0.1, 0.15) is 16.2 Å². The molecule has 1 unspecified atom stereocenters. The van der Waals surface area contributed by atoms with Crippen molar-refractivity contribution >= 4 is 73.2 Å². The number of nitrogens with zero attached hydrogens (tertiary/aromatic N) is 2. The highest BCUT2D eigenvalue weighted by Gasteiger charge is 2.36. The predicted octanol–water partition coefficient (Wildman–Crippen LogP) is 7.90. The summed E-state index contributed by atoms with van der Waals surface area (Å²) in [6.45, 7) is 0. The molecule has 31 heavy (non-hydrogen) atoms. The Bertz CT molecular complexity index is 1240. The summed E-state index contributed by atoms with van der Waals surface area (Å²) in [7, 11) is 0. The van der Waals surface area contributed by atoms with E-state index < -0.39 is 0 Å². The molecule has 3 nitrogen and oxygen atoms in total. The number of halogens is 2. The van der Waals surface area contributed by atoms with E-state index in [0.29, 0.717) is 4.61 Å². The van der Waals surface area contributed by atoms with Gasteiger partial charge in [0, 0.05) is 15.7 Å². The van der Waals surface area contributed by atoms with Crippen molar-refractivity contribution in [3.63, 3.8) is 0 Å². The Morgan fingerprint density at radius 3 is 2.35 bits per heavy atom. The van der Waals surface area contributed by atoms with Crippen molar-refractivity contribution in [2.45, 2.75) is 12.5 Å². The molecule has 4 aromatic rings. The summed E-state index contributed by atoms with van der Waals surface area (Å²) in [6.07, 6.45) is 0.913. The van der Waals surface area contributed by atoms with E-state index >= 15 is 0 Å². The number of hydrogen-bond acceptors (Lipinski definition) is 2. The van der Waals surface area contributed by atoms with E-state index in [1.165, 1.54) is 19.9 Å². The minimum Gasteiger partial charge on any atom is -0.483 e. The number of ether oxygens (including phenoxy) is 1. The number of hydrogen-bond donors (Lipinski definition) is 0. The normalized spacial score (nSPS) is 17.0. The fraction of sp³-hybridized carbons (Fsp3) is 0.115. The molecule has 0 spiro atoms. The third-order valence-electron chi connectivity index (χ3n) is 5.54. The van der Waals surface area contributed by atoms with Crippen LogP contribution in [-0.2, 0) is 0 Å². The summed E-state index contributed by atoms with van der Waals surface area (Å²) in [4.78, 5) is 7.31. The second-order valence-electron chi connectivity index (χ2n) is 7.45. The van der Waals surface area contributed by atoms with Crippen LogP contribution in [0, 0.1) is 3.57 Å². The van der Waals surface area contributed by atoms with Gasteiger partial charge in [0.05, 0.1) is 11.7 Å². The third-order valence-corrected chi connectivity index (χ3v) is 6.58. The Hall–Kier alpha value is -2.13. The van der Waals surface area contributed by atoms with E-state index in [1.807, 2.05) is 12.1 Å². The van der Waals surface area contributed by atoms with Crippen molar-refractivity contribution in [3.8, 4) is 5.75 Å². The number of amidine groups is 1. The second-order valence-corrected chi connectivity index (χ2v) is 9.32. The lowest BCUT2D eigenvalue weighted by Crippen LogP contribution is -2.46. The summed E-state index contributed by atoms with van der Waals surface area (Å²) in [5.74, 6) is 1.97. The van der Waals surface area contributed by atoms with E-state index in [1.54, 1.807) is 0 Å². The SMILES string of the molecule is ICOc1ccc(N2/C(=N/c3ccc(I)cc3)CC2c2ccc3ccccc3c2)cc1. The molecule has 1 fully saturated rings. The first kappa shape index (κ1) is 20.8. The van der Waals surface area contributed by atoms with E-state index in [4.69, 9.17) is 9.73 Å². The van der Waals surface area contributed by atoms with E-state index in [0.717, 1.165) is 29.4 Å². The van der Waals surface area contributed by atoms with Gasteiger partial charge in [-0.25, -0.2) is 4.99 Å². The van der Waals surface area contributed by atoms with Gasteiger partial charge >= 0.3 is 0 Å². The molecule has 1 heterocycles. The minimum atomic E-state index is 0.267. The predicted molar refractivity (Wildman–Crippen MR) is 146 cm³/mol. The summed E-state index contributed by atoms with van der Waals surface area (Å²) < 4.78 is 7.48. The lowest BCUT2D eigenvalue weighted by atomic mass is 9.91. The van der Waals surface area contributed by atoms with Gasteiger partial charge in [0.25, 0.3) is 0 Å². The summed E-state index contributed by atoms with van der Waals surface area (Å²) in [5, 5.41) is 2.54. The number of alkyl halides is 1. The molecule has 154 valence electrons. The average molecular weight is 630 g/mol. The fourth-order valence-electron chi connectivity index (χ4n) is 3.97. The van der Waals surface area contributed by atoms with Gasteiger partial charge in [0.2, 0.25) is 0 Å². The van der Waals surface area contributed by atoms with Crippen LogP contribution in [0.25, 0.3) is 10.8 Å². The highest BCUT2D eigenvalue weighted by Crippen LogP contribution is 2.41. The van der Waals surface area contributed by atoms with Crippen LogP contribution in [-0.4, -0.2) is 10.4 Å². The molecule has 1 aliphatic rings. The molecule has 1 aliphatic heterocycles. The highest BCUT2D eigenvalue weighted by molar-refractivity contribution is 14.1. The maximum atomic E-state index is 5.62. The maximum Gasteiger partial charge on any atom is 0.139 e. The highest BCUT2D eigenvalue weighted by atomic mass is 127. The van der Waals surface area contributed by atoms with Crippen molar-refractivity contribution < 1.29 is 4.74 Å². The first-order chi connectivity index (χ1) is 15.2. The smallest absolute Gasteiger partial charge is 0.139 e. The summed E-state index contributed by atoms with van der Waals surface area (Å²) in [6, 6.07) is 32.2. The first-order valence-corrected chi connectivity index (χ1v) is 12.7. The van der Waals surface area contributed by atoms with Crippen LogP contribution < -0.4 is 9.64 Å². The molecule has 1 saturated heterocycles. The largest absolute Gasteiger partial charge is 0.483 e. The maximum absolute atomic E-state index is 5.62. The van der Waals surface area contributed by atoms with Crippen LogP contribution in [0.2, 0.25) is 0 Å². The Kier molecular flexibility index (Phi) is 6.13. The van der Waals surface area contributed by atoms with Gasteiger partial charge in [0.15, 0.2) is 0 Å². The molecule has 5 rings (SSSR count). The first-order valence-electron chi connectivity index (χ1n) is 10.1. The molecule has 0 N–H and O–H groups in total. The van der Waals surface area contributed by atoms with Crippen molar-refractivity contribution in [2.75, 3.05) is 9.51 Å². The number of rotatable bonds is 5. The monoisotopic (exact) mass is 630 g/mol. The lowest BCUT2D eigenvalue weighted by molar-refractivity contribution is 0.404. The average Bonchev–Trinajstić information content (AvgIpc) is 2.79. The molecular formula is C26H20I2N2O. The number of fused-ring (bicyclic) bond motifs is 1. The zero-order valence-electron chi connectivity index (χ0n) is 16.7. The Labute approximate surface area is 209 Å². The fourth-order valence-corrected chi connectivity index (χ4v) is 4.69. The van der Waals surface area contributed by atoms with E-state index in [2.05, 4.69) is 129 Å². The molecule has 5 heteroatoms. The van der Waals surface area contributed by atoms with Gasteiger partial charge in [-0.15, -0.1) is 0 Å². The Balaban J connectivity index is 1.51. The Morgan fingerprint density at radius 2 is 1.61 bits per heavy atom. The van der Waals surface area contributed by atoms with Crippen LogP contribution >= 0.6 is 45.2 Å². The van der Waals surface area contributed by atoms with Gasteiger partial charge in [-0.2, -0.15) is 0 Å². The molecule has 0 saturated carbocycles. The van der Waals surface area contributed by atoms with Gasteiger partial charge < -0.3 is 9.64 Å². The van der Waals surface area contributed by atoms with Crippen LogP contribution in [0.15, 0.2) is 96.0 Å². The molecule has 0 bridgehead atoms. The third kappa shape index (κ3) is 4.43. The number of anilines is 1. The van der Waals surface area contributed by atoms with Gasteiger partial charge in [-0.3, -0.25) is 0 Å². The topological polar surface area (TPSA) is 24.8 Å². The van der Waals surface area contributed by atoms with Crippen LogP contribution in [0.3, 0.4) is 0 Å². The van der Waals surface area contributed by atoms with Crippen LogP contribution in [0.1, 0.15) is 18.0 Å². The quantitative estimate of drug-likeness (QED) is 0.166. The number of aliphatic imine (C=N–C) groups is 1. The Morgan fingerprint density at radius 1 is 0.871 bits per heavy atom. The molecule has 0 aliphatic carbocycles. The molecule has 0 aromatic heterocycles. The van der Waals surface area contributed by atoms with Crippen molar-refractivity contribution in [1.82, 2.24) is 0 Å². The molecule has 0 amide bonds. The second kappa shape index (κ2) is 9.16. The molecule has 0 radical (unpaired) electrons. The van der Waals surface area contributed by atoms with Crippen LogP contribution in [0.4, 0.5) is 11.4 Å². The van der Waals surface area contributed by atoms with Crippen molar-refractivity contribution in [3.05, 3.63) is 100 Å². The van der Waals surface area contributed by atoms with E-state index in [-0.39, 0.29) is 6.04 Å². The zero-order chi connectivity index (χ0) is 21.2. The molecular weight excluding hydrogens is 610 g/mol. The van der Waals surface area contributed by atoms with Crippen LogP contribution in [0.5, 0.6) is 5.75 Å². The molecule has 1 atom stereocenters. The van der Waals surface area contributed by atoms with E-state index in [9.17, 15) is 0 Å². The van der Waals surface area contributed by atoms with Gasteiger partial charge in [-0.05, 0) is 116 Å². The zero-order valence-corrected chi connectivity index (χ0v) is 21.0. The minimum absolute atomic E-state index is 0.267. The lowest BCUT2D eigenvalue weighted by Gasteiger charge is -2.44. The molecule has 4 aromatic carbocycles. The van der Waals surface area contributed by atoms with Crippen molar-refractivity contribution in [2.24, 2.45) is 4.99 Å². The summed E-state index contributed by atoms with van der Waals surface area (Å²) in [5.41, 5.74) is 3.43. The van der Waals surface area contributed by atoms with Crippen molar-refractivity contribution in [1.29, 1.82) is 0 Å². The summed E-state index contributed by atoms with van der Waals surface area (Å²) >= 11 is 4.54. The number of benzene rings is 4.